The van der Waals surface area contributed by atoms with E-state index in [1.54, 1.807) is 55.6 Å². The number of carbonyl (C=O) groups excluding carboxylic acids is 2. The number of rotatable bonds is 17. The molecule has 0 aliphatic heterocycles. The Morgan fingerprint density at radius 2 is 1.20 bits per heavy atom. The number of hydrogen-bond acceptors (Lipinski definition) is 13. The molecule has 2 aromatic rings. The molecule has 228 valence electrons. The molecule has 0 aromatic carbocycles. The SMILES string of the molecule is NC(CCSSc1ccccn1)C(=O)OCCCCOC(=O)C(N)CCSSc1ccccn1.O=C(O)C(F)(F)F. The predicted molar refractivity (Wildman–Crippen MR) is 155 cm³/mol. The van der Waals surface area contributed by atoms with Gasteiger partial charge in [0, 0.05) is 23.9 Å². The number of carbonyl (C=O) groups is 3. The molecule has 0 saturated carbocycles. The Morgan fingerprint density at radius 3 is 1.51 bits per heavy atom. The van der Waals surface area contributed by atoms with Crippen molar-refractivity contribution in [1.29, 1.82) is 0 Å². The molecular formula is C24H31F3N4O6S4. The number of carboxylic acid groups (broad SMARTS) is 1. The standard InChI is InChI=1S/C22H30N4O4S4.C2HF3O2/c23-17(9-15-31-33-19-7-1-3-11-25-19)21(27)29-13-5-6-14-30-22(28)18(24)10-16-32-34-20-8-2-4-12-26-20;3-2(4,5)1(6)7/h1-4,7-8,11-12,17-18H,5-6,9-10,13-16,23-24H2;(H,6,7). The van der Waals surface area contributed by atoms with Gasteiger partial charge in [-0.1, -0.05) is 33.7 Å². The summed E-state index contributed by atoms with van der Waals surface area (Å²) in [6.07, 6.45) is 0.622. The van der Waals surface area contributed by atoms with E-state index in [2.05, 4.69) is 9.97 Å². The van der Waals surface area contributed by atoms with Gasteiger partial charge in [-0.05, 0) is 71.5 Å². The lowest BCUT2D eigenvalue weighted by Gasteiger charge is -2.12. The molecule has 2 atom stereocenters. The maximum Gasteiger partial charge on any atom is 0.490 e. The molecular weight excluding hydrogens is 626 g/mol. The van der Waals surface area contributed by atoms with Gasteiger partial charge in [0.2, 0.25) is 0 Å². The van der Waals surface area contributed by atoms with Crippen molar-refractivity contribution in [3.05, 3.63) is 48.8 Å². The van der Waals surface area contributed by atoms with Gasteiger partial charge < -0.3 is 26.0 Å². The van der Waals surface area contributed by atoms with Gasteiger partial charge in [0.1, 0.15) is 22.1 Å². The van der Waals surface area contributed by atoms with Gasteiger partial charge in [0.25, 0.3) is 0 Å². The largest absolute Gasteiger partial charge is 0.490 e. The number of ether oxygens (including phenoxy) is 2. The van der Waals surface area contributed by atoms with Gasteiger partial charge in [-0.3, -0.25) is 9.59 Å². The van der Waals surface area contributed by atoms with Crippen molar-refractivity contribution in [2.45, 2.75) is 54.0 Å². The van der Waals surface area contributed by atoms with Crippen LogP contribution in [0.4, 0.5) is 13.2 Å². The molecule has 2 heterocycles. The van der Waals surface area contributed by atoms with Crippen LogP contribution in [0.25, 0.3) is 0 Å². The molecule has 41 heavy (non-hydrogen) atoms. The smallest absolute Gasteiger partial charge is 0.475 e. The molecule has 0 saturated heterocycles. The molecule has 0 bridgehead atoms. The molecule has 2 rings (SSSR count). The van der Waals surface area contributed by atoms with Crippen LogP contribution in [0.15, 0.2) is 58.8 Å². The zero-order valence-corrected chi connectivity index (χ0v) is 25.0. The molecule has 0 amide bonds. The second-order valence-electron chi connectivity index (χ2n) is 7.78. The van der Waals surface area contributed by atoms with Crippen molar-refractivity contribution in [2.75, 3.05) is 24.7 Å². The fourth-order valence-corrected chi connectivity index (χ4v) is 6.32. The summed E-state index contributed by atoms with van der Waals surface area (Å²) in [5, 5.41) is 8.97. The third-order valence-electron chi connectivity index (χ3n) is 4.46. The quantitative estimate of drug-likeness (QED) is 0.123. The van der Waals surface area contributed by atoms with Gasteiger partial charge in [-0.15, -0.1) is 0 Å². The lowest BCUT2D eigenvalue weighted by molar-refractivity contribution is -0.192. The molecule has 0 aliphatic rings. The van der Waals surface area contributed by atoms with Crippen molar-refractivity contribution in [1.82, 2.24) is 9.97 Å². The van der Waals surface area contributed by atoms with E-state index in [-0.39, 0.29) is 13.2 Å². The van der Waals surface area contributed by atoms with E-state index in [1.807, 2.05) is 36.4 Å². The first-order chi connectivity index (χ1) is 19.5. The monoisotopic (exact) mass is 656 g/mol. The van der Waals surface area contributed by atoms with Gasteiger partial charge in [0.15, 0.2) is 0 Å². The second-order valence-corrected chi connectivity index (χ2v) is 12.7. The number of hydrogen-bond donors (Lipinski definition) is 3. The minimum Gasteiger partial charge on any atom is -0.475 e. The highest BCUT2D eigenvalue weighted by Crippen LogP contribution is 2.30. The lowest BCUT2D eigenvalue weighted by Crippen LogP contribution is -2.33. The summed E-state index contributed by atoms with van der Waals surface area (Å²) in [5.74, 6) is -2.15. The molecule has 17 heteroatoms. The zero-order chi connectivity index (χ0) is 30.5. The fraction of sp³-hybridized carbons (Fsp3) is 0.458. The van der Waals surface area contributed by atoms with Crippen LogP contribution in [0.2, 0.25) is 0 Å². The topological polar surface area (TPSA) is 168 Å². The van der Waals surface area contributed by atoms with Crippen LogP contribution in [0.5, 0.6) is 0 Å². The number of pyridine rings is 2. The maximum absolute atomic E-state index is 12.0. The highest BCUT2D eigenvalue weighted by atomic mass is 33.1. The van der Waals surface area contributed by atoms with E-state index in [1.165, 1.54) is 0 Å². The number of nitrogens with zero attached hydrogens (tertiary/aromatic N) is 2. The van der Waals surface area contributed by atoms with E-state index >= 15 is 0 Å². The van der Waals surface area contributed by atoms with E-state index in [9.17, 15) is 22.8 Å². The number of esters is 2. The van der Waals surface area contributed by atoms with E-state index in [4.69, 9.17) is 30.8 Å². The summed E-state index contributed by atoms with van der Waals surface area (Å²) in [7, 11) is 6.30. The van der Waals surface area contributed by atoms with Crippen LogP contribution in [0.3, 0.4) is 0 Å². The van der Waals surface area contributed by atoms with Gasteiger partial charge in [-0.25, -0.2) is 14.8 Å². The number of alkyl halides is 3. The normalized spacial score (nSPS) is 12.4. The number of unbranched alkanes of at least 4 members (excludes halogenated alkanes) is 1. The third-order valence-corrected chi connectivity index (χ3v) is 9.06. The number of aliphatic carboxylic acids is 1. The average molecular weight is 657 g/mol. The summed E-state index contributed by atoms with van der Waals surface area (Å²) >= 11 is 0. The first-order valence-electron chi connectivity index (χ1n) is 12.1. The summed E-state index contributed by atoms with van der Waals surface area (Å²) in [6.45, 7) is 0.487. The summed E-state index contributed by atoms with van der Waals surface area (Å²) in [6, 6.07) is 10.2. The number of carboxylic acids is 1. The number of nitrogens with two attached hydrogens (primary N) is 2. The highest BCUT2D eigenvalue weighted by Gasteiger charge is 2.38. The van der Waals surface area contributed by atoms with Crippen LogP contribution in [-0.2, 0) is 23.9 Å². The first kappa shape index (κ1) is 36.8. The van der Waals surface area contributed by atoms with E-state index in [0.717, 1.165) is 10.1 Å². The van der Waals surface area contributed by atoms with Crippen LogP contribution < -0.4 is 11.5 Å². The van der Waals surface area contributed by atoms with Crippen LogP contribution >= 0.6 is 43.2 Å². The molecule has 2 aromatic heterocycles. The number of aromatic nitrogens is 2. The molecule has 0 fully saturated rings. The average Bonchev–Trinajstić information content (AvgIpc) is 2.95. The summed E-state index contributed by atoms with van der Waals surface area (Å²) in [4.78, 5) is 41.3. The Labute approximate surface area is 251 Å². The molecule has 10 nitrogen and oxygen atoms in total. The fourth-order valence-electron chi connectivity index (χ4n) is 2.35. The van der Waals surface area contributed by atoms with Crippen molar-refractivity contribution in [3.8, 4) is 0 Å². The van der Waals surface area contributed by atoms with Gasteiger partial charge in [0.05, 0.1) is 13.2 Å². The minimum absolute atomic E-state index is 0.243. The summed E-state index contributed by atoms with van der Waals surface area (Å²) in [5.41, 5.74) is 11.8. The summed E-state index contributed by atoms with van der Waals surface area (Å²) < 4.78 is 42.2. The van der Waals surface area contributed by atoms with Crippen LogP contribution in [-0.4, -0.2) is 76.0 Å². The first-order valence-corrected chi connectivity index (χ1v) is 16.7. The molecule has 0 radical (unpaired) electrons. The van der Waals surface area contributed by atoms with E-state index in [0.29, 0.717) is 37.2 Å². The third kappa shape index (κ3) is 18.8. The van der Waals surface area contributed by atoms with Crippen LogP contribution in [0.1, 0.15) is 25.7 Å². The highest BCUT2D eigenvalue weighted by molar-refractivity contribution is 8.77. The van der Waals surface area contributed by atoms with Crippen LogP contribution in [0, 0.1) is 0 Å². The van der Waals surface area contributed by atoms with Crippen molar-refractivity contribution >= 4 is 61.1 Å². The van der Waals surface area contributed by atoms with E-state index < -0.39 is 36.2 Å². The Morgan fingerprint density at radius 1 is 0.805 bits per heavy atom. The molecule has 0 spiro atoms. The Bertz CT molecular complexity index is 960. The van der Waals surface area contributed by atoms with Gasteiger partial charge >= 0.3 is 24.1 Å². The van der Waals surface area contributed by atoms with Gasteiger partial charge in [-0.2, -0.15) is 13.2 Å². The number of halogens is 3. The van der Waals surface area contributed by atoms with Crippen molar-refractivity contribution < 1.29 is 42.1 Å². The predicted octanol–water partition coefficient (Wildman–Crippen LogP) is 4.59. The molecule has 2 unspecified atom stereocenters. The zero-order valence-electron chi connectivity index (χ0n) is 21.7. The lowest BCUT2D eigenvalue weighted by atomic mass is 10.2. The maximum atomic E-state index is 12.0. The van der Waals surface area contributed by atoms with Crippen molar-refractivity contribution in [3.63, 3.8) is 0 Å². The Balaban J connectivity index is 0.00000106. The Kier molecular flexibility index (Phi) is 19.3. The molecule has 0 aliphatic carbocycles. The van der Waals surface area contributed by atoms with Crippen molar-refractivity contribution in [2.24, 2.45) is 11.5 Å². The Hall–Kier alpha value is -2.18. The molecule has 5 N–H and O–H groups in total. The second kappa shape index (κ2) is 21.5. The minimum atomic E-state index is -5.08.